The van der Waals surface area contributed by atoms with Crippen LogP contribution in [0.15, 0.2) is 48.7 Å². The monoisotopic (exact) mass is 515 g/mol. The fourth-order valence-corrected chi connectivity index (χ4v) is 4.79. The Morgan fingerprint density at radius 2 is 1.97 bits per heavy atom. The largest absolute Gasteiger partial charge is 0.497 e. The van der Waals surface area contributed by atoms with Crippen molar-refractivity contribution in [1.29, 1.82) is 0 Å². The van der Waals surface area contributed by atoms with Gasteiger partial charge in [0.05, 0.1) is 13.5 Å². The van der Waals surface area contributed by atoms with Crippen molar-refractivity contribution < 1.29 is 14.3 Å². The summed E-state index contributed by atoms with van der Waals surface area (Å²) in [5.74, 6) is 1.67. The highest BCUT2D eigenvalue weighted by Crippen LogP contribution is 2.27. The number of hydrogen-bond acceptors (Lipinski definition) is 6. The lowest BCUT2D eigenvalue weighted by Crippen LogP contribution is -2.47. The summed E-state index contributed by atoms with van der Waals surface area (Å²) in [6.07, 6.45) is 6.57. The summed E-state index contributed by atoms with van der Waals surface area (Å²) in [6, 6.07) is 13.2. The first-order valence-electron chi connectivity index (χ1n) is 13.2. The first kappa shape index (κ1) is 27.0. The summed E-state index contributed by atoms with van der Waals surface area (Å²) in [4.78, 5) is 33.0. The van der Waals surface area contributed by atoms with Gasteiger partial charge in [0.1, 0.15) is 17.6 Å². The van der Waals surface area contributed by atoms with E-state index in [2.05, 4.69) is 20.6 Å². The Morgan fingerprint density at radius 1 is 1.13 bits per heavy atom. The van der Waals surface area contributed by atoms with E-state index in [0.29, 0.717) is 30.1 Å². The lowest BCUT2D eigenvalue weighted by Gasteiger charge is -2.16. The maximum absolute atomic E-state index is 13.3. The molecule has 0 spiro atoms. The number of nitrogen functional groups attached to an aromatic ring is 1. The molecule has 8 nitrogen and oxygen atoms in total. The molecule has 1 aromatic heterocycles. The van der Waals surface area contributed by atoms with Crippen LogP contribution in [0.4, 0.5) is 5.69 Å². The number of unbranched alkanes of at least 4 members (excludes halogenated alkanes) is 2. The zero-order chi connectivity index (χ0) is 27.1. The molecule has 199 valence electrons. The molecule has 1 aliphatic heterocycles. The summed E-state index contributed by atoms with van der Waals surface area (Å²) in [5.41, 5.74) is 11.3. The lowest BCUT2D eigenvalue weighted by atomic mass is 10.0. The molecule has 1 radical (unpaired) electrons. The molecule has 3 aromatic rings. The van der Waals surface area contributed by atoms with Gasteiger partial charge in [-0.25, -0.2) is 5.32 Å². The van der Waals surface area contributed by atoms with E-state index in [1.54, 1.807) is 13.3 Å². The van der Waals surface area contributed by atoms with Gasteiger partial charge in [0.15, 0.2) is 11.9 Å². The van der Waals surface area contributed by atoms with Crippen molar-refractivity contribution in [3.05, 3.63) is 65.5 Å². The number of nitrogens with two attached hydrogens (primary N) is 1. The summed E-state index contributed by atoms with van der Waals surface area (Å²) in [7, 11) is 1.64. The molecule has 0 saturated carbocycles. The van der Waals surface area contributed by atoms with Gasteiger partial charge in [-0.2, -0.15) is 0 Å². The Hall–Kier alpha value is -4.07. The smallest absolute Gasteiger partial charge is 0.319 e. The molecule has 2 aromatic carbocycles. The molecule has 8 heteroatoms. The van der Waals surface area contributed by atoms with E-state index >= 15 is 0 Å². The quantitative estimate of drug-likeness (QED) is 0.199. The molecular weight excluding hydrogens is 478 g/mol. The number of nitrogens with one attached hydrogen (secondary N) is 3. The second kappa shape index (κ2) is 12.4. The van der Waals surface area contributed by atoms with Crippen LogP contribution in [0.25, 0.3) is 16.6 Å². The highest BCUT2D eigenvalue weighted by molar-refractivity contribution is 6.00. The Kier molecular flexibility index (Phi) is 8.84. The number of rotatable bonds is 13. The number of ketones is 1. The van der Waals surface area contributed by atoms with E-state index < -0.39 is 0 Å². The number of aliphatic imine (C=N–C) groups is 1. The van der Waals surface area contributed by atoms with E-state index in [0.717, 1.165) is 64.9 Å². The third kappa shape index (κ3) is 6.62. The van der Waals surface area contributed by atoms with Crippen molar-refractivity contribution in [2.24, 2.45) is 0 Å². The summed E-state index contributed by atoms with van der Waals surface area (Å²) < 4.78 is 5.39. The van der Waals surface area contributed by atoms with Crippen molar-refractivity contribution in [3.8, 4) is 5.75 Å². The highest BCUT2D eigenvalue weighted by atomic mass is 16.5. The number of benzene rings is 2. The van der Waals surface area contributed by atoms with Crippen LogP contribution in [-0.2, 0) is 16.0 Å². The van der Waals surface area contributed by atoms with E-state index in [9.17, 15) is 9.59 Å². The van der Waals surface area contributed by atoms with E-state index in [4.69, 9.17) is 10.5 Å². The van der Waals surface area contributed by atoms with Crippen molar-refractivity contribution in [2.45, 2.75) is 64.8 Å². The van der Waals surface area contributed by atoms with Gasteiger partial charge in [0.25, 0.3) is 0 Å². The first-order chi connectivity index (χ1) is 18.4. The number of nitrogens with zero attached hydrogens (tertiary/aromatic N) is 1. The van der Waals surface area contributed by atoms with Crippen LogP contribution in [0, 0.1) is 6.92 Å². The Morgan fingerprint density at radius 3 is 2.74 bits per heavy atom. The number of carbonyl (C=O) groups is 2. The molecule has 1 amide bonds. The number of H-pyrrole nitrogens is 1. The Balaban J connectivity index is 1.45. The first-order valence-corrected chi connectivity index (χ1v) is 13.2. The van der Waals surface area contributed by atoms with Crippen LogP contribution in [-0.4, -0.2) is 35.7 Å². The minimum absolute atomic E-state index is 0.0788. The van der Waals surface area contributed by atoms with Crippen LogP contribution in [0.5, 0.6) is 5.75 Å². The number of anilines is 1. The number of hydrogen-bond donors (Lipinski definition) is 4. The number of methoxy groups -OCH3 is 1. The predicted octanol–water partition coefficient (Wildman–Crippen LogP) is 4.36. The van der Waals surface area contributed by atoms with Gasteiger partial charge in [-0.15, -0.1) is 0 Å². The number of fused-ring (bicyclic) bond motifs is 1. The van der Waals surface area contributed by atoms with Gasteiger partial charge in [0, 0.05) is 40.7 Å². The number of ether oxygens (including phenoxy) is 1. The summed E-state index contributed by atoms with van der Waals surface area (Å²) in [5, 5.41) is 7.58. The number of aromatic nitrogens is 1. The van der Waals surface area contributed by atoms with E-state index in [-0.39, 0.29) is 18.4 Å². The summed E-state index contributed by atoms with van der Waals surface area (Å²) in [6.45, 7) is 3.88. The van der Waals surface area contributed by atoms with Gasteiger partial charge >= 0.3 is 5.84 Å². The second-order valence-electron chi connectivity index (χ2n) is 9.74. The lowest BCUT2D eigenvalue weighted by molar-refractivity contribution is -0.121. The number of amidine groups is 1. The predicted molar refractivity (Wildman–Crippen MR) is 153 cm³/mol. The molecule has 0 aliphatic carbocycles. The molecule has 0 unspecified atom stereocenters. The maximum Gasteiger partial charge on any atom is 0.319 e. The number of aromatic amines is 1. The van der Waals surface area contributed by atoms with Gasteiger partial charge < -0.3 is 20.8 Å². The average molecular weight is 516 g/mol. The van der Waals surface area contributed by atoms with Crippen LogP contribution in [0.3, 0.4) is 0 Å². The molecule has 38 heavy (non-hydrogen) atoms. The fraction of sp³-hybridized carbons (Fsp3) is 0.367. The molecule has 2 heterocycles. The average Bonchev–Trinajstić information content (AvgIpc) is 3.52. The molecule has 1 atom stereocenters. The van der Waals surface area contributed by atoms with E-state index in [1.165, 1.54) is 0 Å². The molecule has 0 fully saturated rings. The van der Waals surface area contributed by atoms with Crippen molar-refractivity contribution in [3.63, 3.8) is 0 Å². The highest BCUT2D eigenvalue weighted by Gasteiger charge is 2.31. The van der Waals surface area contributed by atoms with Crippen LogP contribution < -0.4 is 26.1 Å². The Bertz CT molecular complexity index is 1370. The van der Waals surface area contributed by atoms with Crippen LogP contribution in [0.1, 0.15) is 62.3 Å². The normalized spacial score (nSPS) is 13.6. The Labute approximate surface area is 223 Å². The molecule has 1 aliphatic rings. The van der Waals surface area contributed by atoms with Crippen molar-refractivity contribution in [1.82, 2.24) is 20.6 Å². The van der Waals surface area contributed by atoms with Crippen LogP contribution in [0.2, 0.25) is 0 Å². The molecule has 4 rings (SSSR count). The maximum atomic E-state index is 13.3. The van der Waals surface area contributed by atoms with Gasteiger partial charge in [-0.05, 0) is 60.7 Å². The zero-order valence-electron chi connectivity index (χ0n) is 22.4. The van der Waals surface area contributed by atoms with Gasteiger partial charge in [0.2, 0.25) is 5.91 Å². The minimum atomic E-state index is -0.278. The standard InChI is InChI=1S/C30H37N5O3/c1-4-22(36)11-6-5-7-12-27(30-32-18-28(35-30)20-9-8-10-21(31)15-20)34-29(37)17-24-19(2)33-26-14-13-23(38-3)16-25(24)26/h8-10,13-16,18,27,33,35H,4-7,11-12,17,31H2,1-3H3,(H,34,37)/q+1/t27-/m0/s1. The number of Topliss-reactive ketones (excluding diaryl/α,β-unsaturated/α-hetero) is 1. The molecule has 5 N–H and O–H groups in total. The number of carbonyl (C=O) groups excluding carboxylic acids is 2. The fourth-order valence-electron chi connectivity index (χ4n) is 4.79. The second-order valence-corrected chi connectivity index (χ2v) is 9.74. The van der Waals surface area contributed by atoms with Crippen molar-refractivity contribution >= 4 is 39.8 Å². The minimum Gasteiger partial charge on any atom is -0.497 e. The third-order valence-corrected chi connectivity index (χ3v) is 6.97. The summed E-state index contributed by atoms with van der Waals surface area (Å²) >= 11 is 0. The van der Waals surface area contributed by atoms with Crippen molar-refractivity contribution in [2.75, 3.05) is 12.8 Å². The molecule has 0 bridgehead atoms. The topological polar surface area (TPSA) is 123 Å². The number of amides is 1. The molecule has 0 saturated heterocycles. The van der Waals surface area contributed by atoms with Crippen LogP contribution >= 0.6 is 0 Å². The van der Waals surface area contributed by atoms with Gasteiger partial charge in [-0.1, -0.05) is 31.9 Å². The third-order valence-electron chi connectivity index (χ3n) is 6.97. The number of aryl methyl sites for hydroxylation is 1. The van der Waals surface area contributed by atoms with E-state index in [1.807, 2.05) is 56.3 Å². The van der Waals surface area contributed by atoms with Gasteiger partial charge in [-0.3, -0.25) is 9.59 Å². The SMILES string of the molecule is CCC(=O)CCCCC[C@H](NC(=O)Cc1c(C)[nH]c2ccc(OC)cc12)C1=[N+]C=C(c2cccc(N)c2)N1. The zero-order valence-corrected chi connectivity index (χ0v) is 22.4. The molecular formula is C30H37N5O3+.